The molecule has 7 nitrogen and oxygen atoms in total. The van der Waals surface area contributed by atoms with Crippen molar-refractivity contribution in [3.05, 3.63) is 6.33 Å². The predicted molar refractivity (Wildman–Crippen MR) is 70.6 cm³/mol. The topological polar surface area (TPSA) is 93.2 Å². The molecular weight excluding hydrogens is 254 g/mol. The zero-order valence-corrected chi connectivity index (χ0v) is 12.0. The summed E-state index contributed by atoms with van der Waals surface area (Å²) in [6.07, 6.45) is 1.38. The molecule has 1 rings (SSSR count). The van der Waals surface area contributed by atoms with E-state index in [0.29, 0.717) is 19.1 Å². The largest absolute Gasteiger partial charge is 0.381 e. The minimum absolute atomic E-state index is 0.00898. The molecule has 8 heteroatoms. The Morgan fingerprint density at radius 3 is 2.61 bits per heavy atom. The summed E-state index contributed by atoms with van der Waals surface area (Å²) in [5, 5.41) is 0.00898. The second kappa shape index (κ2) is 5.68. The fourth-order valence-electron chi connectivity index (χ4n) is 1.45. The van der Waals surface area contributed by atoms with E-state index in [1.54, 1.807) is 7.05 Å². The van der Waals surface area contributed by atoms with Crippen LogP contribution < -0.4 is 10.5 Å². The zero-order valence-electron chi connectivity index (χ0n) is 11.2. The summed E-state index contributed by atoms with van der Waals surface area (Å²) in [6, 6.07) is 0.372. The number of sulfonamides is 1. The molecule has 0 saturated carbocycles. The Hall–Kier alpha value is -1.12. The third-order valence-corrected chi connectivity index (χ3v) is 4.39. The van der Waals surface area contributed by atoms with Crippen molar-refractivity contribution in [1.82, 2.24) is 19.2 Å². The molecule has 0 atom stereocenters. The third-order valence-electron chi connectivity index (χ3n) is 2.80. The maximum absolute atomic E-state index is 12.0. The van der Waals surface area contributed by atoms with Gasteiger partial charge in [-0.3, -0.25) is 0 Å². The van der Waals surface area contributed by atoms with Crippen molar-refractivity contribution in [2.24, 2.45) is 7.05 Å². The highest BCUT2D eigenvalue weighted by Crippen LogP contribution is 2.14. The van der Waals surface area contributed by atoms with E-state index in [1.165, 1.54) is 10.9 Å². The molecule has 0 aromatic carbocycles. The Morgan fingerprint density at radius 1 is 1.56 bits per heavy atom. The van der Waals surface area contributed by atoms with Crippen LogP contribution in [0.1, 0.15) is 13.8 Å². The first-order valence-electron chi connectivity index (χ1n) is 5.72. The summed E-state index contributed by atoms with van der Waals surface area (Å²) in [4.78, 5) is 5.82. The van der Waals surface area contributed by atoms with E-state index in [0.717, 1.165) is 0 Å². The number of nitrogens with zero attached hydrogens (tertiary/aromatic N) is 3. The molecule has 0 spiro atoms. The molecule has 0 fully saturated rings. The maximum Gasteiger partial charge on any atom is 0.260 e. The molecule has 0 aliphatic carbocycles. The van der Waals surface area contributed by atoms with Crippen LogP contribution in [-0.2, 0) is 17.1 Å². The molecule has 0 radical (unpaired) electrons. The summed E-state index contributed by atoms with van der Waals surface area (Å²) in [6.45, 7) is 5.07. The highest BCUT2D eigenvalue weighted by atomic mass is 32.2. The van der Waals surface area contributed by atoms with Gasteiger partial charge in [0.05, 0.1) is 6.33 Å². The van der Waals surface area contributed by atoms with Crippen LogP contribution in [0.4, 0.5) is 5.82 Å². The average molecular weight is 275 g/mol. The number of nitrogens with one attached hydrogen (secondary N) is 1. The van der Waals surface area contributed by atoms with Crippen LogP contribution in [0.15, 0.2) is 11.4 Å². The van der Waals surface area contributed by atoms with Crippen LogP contribution >= 0.6 is 0 Å². The Bertz CT molecular complexity index is 475. The monoisotopic (exact) mass is 275 g/mol. The molecule has 1 aromatic heterocycles. The van der Waals surface area contributed by atoms with Crippen molar-refractivity contribution in [2.75, 3.05) is 25.9 Å². The van der Waals surface area contributed by atoms with E-state index in [2.05, 4.69) is 14.6 Å². The minimum Gasteiger partial charge on any atom is -0.381 e. The molecule has 0 amide bonds. The number of imidazole rings is 1. The van der Waals surface area contributed by atoms with Crippen molar-refractivity contribution >= 4 is 15.8 Å². The van der Waals surface area contributed by atoms with Gasteiger partial charge in [-0.1, -0.05) is 0 Å². The summed E-state index contributed by atoms with van der Waals surface area (Å²) < 4.78 is 27.9. The summed E-state index contributed by atoms with van der Waals surface area (Å²) in [7, 11) is -0.0636. The summed E-state index contributed by atoms with van der Waals surface area (Å²) >= 11 is 0. The molecule has 1 aromatic rings. The first kappa shape index (κ1) is 14.9. The number of aromatic nitrogens is 2. The highest BCUT2D eigenvalue weighted by molar-refractivity contribution is 7.89. The van der Waals surface area contributed by atoms with Gasteiger partial charge in [0.25, 0.3) is 10.0 Å². The Labute approximate surface area is 108 Å². The molecule has 3 N–H and O–H groups in total. The number of anilines is 1. The molecule has 104 valence electrons. The number of hydrogen-bond acceptors (Lipinski definition) is 5. The highest BCUT2D eigenvalue weighted by Gasteiger charge is 2.21. The van der Waals surface area contributed by atoms with Gasteiger partial charge in [-0.05, 0) is 20.9 Å². The van der Waals surface area contributed by atoms with Gasteiger partial charge in [0.1, 0.15) is 0 Å². The minimum atomic E-state index is -3.60. The number of nitrogen functional groups attached to an aromatic ring is 1. The molecule has 0 aliphatic heterocycles. The number of hydrogen-bond donors (Lipinski definition) is 2. The first-order chi connectivity index (χ1) is 8.25. The number of rotatable bonds is 6. The van der Waals surface area contributed by atoms with Crippen molar-refractivity contribution < 1.29 is 8.42 Å². The van der Waals surface area contributed by atoms with Gasteiger partial charge in [-0.15, -0.1) is 0 Å². The summed E-state index contributed by atoms with van der Waals surface area (Å²) in [5.74, 6) is 0.0159. The van der Waals surface area contributed by atoms with E-state index < -0.39 is 10.0 Å². The lowest BCUT2D eigenvalue weighted by atomic mass is 10.3. The van der Waals surface area contributed by atoms with Gasteiger partial charge in [0.15, 0.2) is 10.8 Å². The maximum atomic E-state index is 12.0. The molecule has 1 heterocycles. The number of likely N-dealkylation sites (N-methyl/N-ethyl adjacent to an activating group) is 1. The normalized spacial score (nSPS) is 12.6. The standard InChI is InChI=1S/C10H21N5O2S/c1-8(2)14(3)6-5-13-18(16,17)10-9(11)12-7-15(10)4/h7-8,13H,5-6,11H2,1-4H3. The summed E-state index contributed by atoms with van der Waals surface area (Å²) in [5.41, 5.74) is 5.55. The van der Waals surface area contributed by atoms with Crippen LogP contribution in [0.5, 0.6) is 0 Å². The molecule has 0 bridgehead atoms. The van der Waals surface area contributed by atoms with E-state index in [1.807, 2.05) is 20.9 Å². The predicted octanol–water partition coefficient (Wildman–Crippen LogP) is -0.379. The van der Waals surface area contributed by atoms with E-state index in [4.69, 9.17) is 5.73 Å². The fraction of sp³-hybridized carbons (Fsp3) is 0.700. The van der Waals surface area contributed by atoms with Crippen molar-refractivity contribution in [1.29, 1.82) is 0 Å². The first-order valence-corrected chi connectivity index (χ1v) is 7.20. The second-order valence-electron chi connectivity index (χ2n) is 4.52. The van der Waals surface area contributed by atoms with E-state index >= 15 is 0 Å². The molecule has 0 saturated heterocycles. The van der Waals surface area contributed by atoms with Crippen LogP contribution in [0, 0.1) is 0 Å². The van der Waals surface area contributed by atoms with Gasteiger partial charge >= 0.3 is 0 Å². The molecular formula is C10H21N5O2S. The van der Waals surface area contributed by atoms with Crippen LogP contribution in [0.3, 0.4) is 0 Å². The van der Waals surface area contributed by atoms with Gasteiger partial charge in [-0.25, -0.2) is 18.1 Å². The quantitative estimate of drug-likeness (QED) is 0.738. The fourth-order valence-corrected chi connectivity index (χ4v) is 2.70. The zero-order chi connectivity index (χ0) is 13.9. The average Bonchev–Trinajstić information content (AvgIpc) is 2.58. The Balaban J connectivity index is 2.67. The molecule has 0 unspecified atom stereocenters. The van der Waals surface area contributed by atoms with Crippen molar-refractivity contribution in [3.63, 3.8) is 0 Å². The Kier molecular flexibility index (Phi) is 4.71. The van der Waals surface area contributed by atoms with Gasteiger partial charge in [-0.2, -0.15) is 0 Å². The van der Waals surface area contributed by atoms with E-state index in [9.17, 15) is 8.42 Å². The van der Waals surface area contributed by atoms with Crippen molar-refractivity contribution in [2.45, 2.75) is 24.9 Å². The van der Waals surface area contributed by atoms with Crippen LogP contribution in [0.25, 0.3) is 0 Å². The molecule has 0 aliphatic rings. The third kappa shape index (κ3) is 3.44. The SMILES string of the molecule is CC(C)N(C)CCNS(=O)(=O)c1c(N)ncn1C. The lowest BCUT2D eigenvalue weighted by Gasteiger charge is -2.20. The van der Waals surface area contributed by atoms with Gasteiger partial charge < -0.3 is 15.2 Å². The van der Waals surface area contributed by atoms with E-state index in [-0.39, 0.29) is 10.8 Å². The smallest absolute Gasteiger partial charge is 0.260 e. The van der Waals surface area contributed by atoms with Gasteiger partial charge in [0, 0.05) is 26.2 Å². The lowest BCUT2D eigenvalue weighted by molar-refractivity contribution is 0.278. The number of aryl methyl sites for hydroxylation is 1. The van der Waals surface area contributed by atoms with Crippen molar-refractivity contribution in [3.8, 4) is 0 Å². The molecule has 18 heavy (non-hydrogen) atoms. The lowest BCUT2D eigenvalue weighted by Crippen LogP contribution is -2.36. The number of nitrogens with two attached hydrogens (primary N) is 1. The Morgan fingerprint density at radius 2 is 2.17 bits per heavy atom. The van der Waals surface area contributed by atoms with Crippen LogP contribution in [-0.4, -0.2) is 49.0 Å². The second-order valence-corrected chi connectivity index (χ2v) is 6.20. The van der Waals surface area contributed by atoms with Crippen LogP contribution in [0.2, 0.25) is 0 Å². The van der Waals surface area contributed by atoms with Gasteiger partial charge in [0.2, 0.25) is 0 Å².